The summed E-state index contributed by atoms with van der Waals surface area (Å²) < 4.78 is 14.0. The van der Waals surface area contributed by atoms with Crippen molar-refractivity contribution in [3.63, 3.8) is 0 Å². The van der Waals surface area contributed by atoms with E-state index in [2.05, 4.69) is 22.6 Å². The molecular formula is C23H25FN2O2. The molecular weight excluding hydrogens is 355 g/mol. The molecule has 0 aromatic heterocycles. The molecule has 1 unspecified atom stereocenters. The SMILES string of the molecule is CC1(C(=O)NCC2(c3ccccc3)CCCC2)CC(c2ccccc2F)=NO1. The molecule has 1 amide bonds. The quantitative estimate of drug-likeness (QED) is 0.839. The zero-order valence-corrected chi connectivity index (χ0v) is 16.1. The Morgan fingerprint density at radius 3 is 2.50 bits per heavy atom. The third-order valence-corrected chi connectivity index (χ3v) is 6.06. The maximum atomic E-state index is 14.0. The zero-order chi connectivity index (χ0) is 19.6. The molecule has 5 heteroatoms. The second kappa shape index (κ2) is 7.38. The summed E-state index contributed by atoms with van der Waals surface area (Å²) >= 11 is 0. The highest BCUT2D eigenvalue weighted by Crippen LogP contribution is 2.40. The van der Waals surface area contributed by atoms with Crippen LogP contribution in [0.25, 0.3) is 0 Å². The molecule has 0 spiro atoms. The van der Waals surface area contributed by atoms with Crippen molar-refractivity contribution >= 4 is 11.6 Å². The lowest BCUT2D eigenvalue weighted by molar-refractivity contribution is -0.142. The molecule has 4 rings (SSSR count). The second-order valence-corrected chi connectivity index (χ2v) is 8.05. The van der Waals surface area contributed by atoms with Crippen molar-refractivity contribution in [3.05, 3.63) is 71.5 Å². The van der Waals surface area contributed by atoms with Crippen LogP contribution in [0.15, 0.2) is 59.8 Å². The van der Waals surface area contributed by atoms with Gasteiger partial charge in [0.05, 0.1) is 5.71 Å². The highest BCUT2D eigenvalue weighted by atomic mass is 19.1. The maximum Gasteiger partial charge on any atom is 0.267 e. The van der Waals surface area contributed by atoms with E-state index >= 15 is 0 Å². The van der Waals surface area contributed by atoms with Crippen LogP contribution in [0.3, 0.4) is 0 Å². The molecule has 1 atom stereocenters. The number of hydrogen-bond donors (Lipinski definition) is 1. The molecule has 1 heterocycles. The molecule has 0 bridgehead atoms. The summed E-state index contributed by atoms with van der Waals surface area (Å²) in [6.07, 6.45) is 4.70. The van der Waals surface area contributed by atoms with Gasteiger partial charge in [0.25, 0.3) is 5.91 Å². The Morgan fingerprint density at radius 2 is 1.79 bits per heavy atom. The number of rotatable bonds is 5. The Bertz CT molecular complexity index is 890. The van der Waals surface area contributed by atoms with Crippen molar-refractivity contribution in [2.24, 2.45) is 5.16 Å². The number of halogens is 1. The fraction of sp³-hybridized carbons (Fsp3) is 0.391. The molecule has 1 saturated carbocycles. The van der Waals surface area contributed by atoms with Crippen molar-refractivity contribution in [1.82, 2.24) is 5.32 Å². The topological polar surface area (TPSA) is 50.7 Å². The molecule has 1 N–H and O–H groups in total. The molecule has 2 aromatic rings. The molecule has 0 saturated heterocycles. The zero-order valence-electron chi connectivity index (χ0n) is 16.1. The molecule has 2 aliphatic rings. The number of hydrogen-bond acceptors (Lipinski definition) is 3. The lowest BCUT2D eigenvalue weighted by atomic mass is 9.78. The van der Waals surface area contributed by atoms with Crippen LogP contribution >= 0.6 is 0 Å². The van der Waals surface area contributed by atoms with Crippen molar-refractivity contribution in [1.29, 1.82) is 0 Å². The number of carbonyl (C=O) groups is 1. The summed E-state index contributed by atoms with van der Waals surface area (Å²) in [4.78, 5) is 18.4. The van der Waals surface area contributed by atoms with Crippen LogP contribution in [-0.2, 0) is 15.0 Å². The summed E-state index contributed by atoms with van der Waals surface area (Å²) in [6, 6.07) is 16.8. The molecule has 4 nitrogen and oxygen atoms in total. The minimum atomic E-state index is -1.12. The summed E-state index contributed by atoms with van der Waals surface area (Å²) in [6.45, 7) is 2.29. The van der Waals surface area contributed by atoms with Crippen LogP contribution in [0.2, 0.25) is 0 Å². The van der Waals surface area contributed by atoms with Gasteiger partial charge in [0.15, 0.2) is 0 Å². The Hall–Kier alpha value is -2.69. The molecule has 2 aromatic carbocycles. The van der Waals surface area contributed by atoms with E-state index in [0.717, 1.165) is 12.8 Å². The Labute approximate surface area is 164 Å². The van der Waals surface area contributed by atoms with Gasteiger partial charge in [0, 0.05) is 23.9 Å². The predicted octanol–water partition coefficient (Wildman–Crippen LogP) is 4.34. The predicted molar refractivity (Wildman–Crippen MR) is 107 cm³/mol. The van der Waals surface area contributed by atoms with Crippen LogP contribution in [-0.4, -0.2) is 23.8 Å². The lowest BCUT2D eigenvalue weighted by Crippen LogP contribution is -2.49. The fourth-order valence-electron chi connectivity index (χ4n) is 4.35. The Morgan fingerprint density at radius 1 is 1.11 bits per heavy atom. The van der Waals surface area contributed by atoms with Gasteiger partial charge in [-0.25, -0.2) is 4.39 Å². The van der Waals surface area contributed by atoms with Gasteiger partial charge in [-0.2, -0.15) is 0 Å². The van der Waals surface area contributed by atoms with Gasteiger partial charge < -0.3 is 10.2 Å². The van der Waals surface area contributed by atoms with Crippen LogP contribution in [0.5, 0.6) is 0 Å². The van der Waals surface area contributed by atoms with E-state index in [1.54, 1.807) is 25.1 Å². The van der Waals surface area contributed by atoms with Gasteiger partial charge in [-0.1, -0.05) is 66.5 Å². The Balaban J connectivity index is 1.45. The van der Waals surface area contributed by atoms with Gasteiger partial charge in [0.2, 0.25) is 5.60 Å². The first kappa shape index (κ1) is 18.7. The van der Waals surface area contributed by atoms with E-state index in [9.17, 15) is 9.18 Å². The fourth-order valence-corrected chi connectivity index (χ4v) is 4.35. The third-order valence-electron chi connectivity index (χ3n) is 6.06. The molecule has 1 fully saturated rings. The van der Waals surface area contributed by atoms with E-state index in [1.165, 1.54) is 24.5 Å². The first-order valence-corrected chi connectivity index (χ1v) is 9.86. The minimum Gasteiger partial charge on any atom is -0.379 e. The number of oxime groups is 1. The van der Waals surface area contributed by atoms with E-state index in [0.29, 0.717) is 17.8 Å². The van der Waals surface area contributed by atoms with E-state index in [1.807, 2.05) is 18.2 Å². The number of benzene rings is 2. The van der Waals surface area contributed by atoms with Crippen molar-refractivity contribution in [2.45, 2.75) is 50.0 Å². The van der Waals surface area contributed by atoms with E-state index in [-0.39, 0.29) is 23.6 Å². The van der Waals surface area contributed by atoms with Crippen LogP contribution in [0, 0.1) is 5.82 Å². The number of nitrogens with one attached hydrogen (secondary N) is 1. The van der Waals surface area contributed by atoms with Crippen molar-refractivity contribution in [2.75, 3.05) is 6.54 Å². The summed E-state index contributed by atoms with van der Waals surface area (Å²) in [7, 11) is 0. The second-order valence-electron chi connectivity index (χ2n) is 8.05. The van der Waals surface area contributed by atoms with Crippen LogP contribution < -0.4 is 5.32 Å². The van der Waals surface area contributed by atoms with E-state index in [4.69, 9.17) is 4.84 Å². The summed E-state index contributed by atoms with van der Waals surface area (Å²) in [5.74, 6) is -0.562. The number of amides is 1. The van der Waals surface area contributed by atoms with Gasteiger partial charge in [-0.3, -0.25) is 4.79 Å². The van der Waals surface area contributed by atoms with Crippen LogP contribution in [0.1, 0.15) is 50.2 Å². The standard InChI is InChI=1S/C23H25FN2O2/c1-22(15-20(26-28-22)18-11-5-6-12-19(18)24)21(27)25-16-23(13-7-8-14-23)17-9-3-2-4-10-17/h2-6,9-12H,7-8,13-16H2,1H3,(H,25,27). The smallest absolute Gasteiger partial charge is 0.267 e. The minimum absolute atomic E-state index is 0.0267. The van der Waals surface area contributed by atoms with Gasteiger partial charge in [0.1, 0.15) is 5.82 Å². The van der Waals surface area contributed by atoms with Crippen LogP contribution in [0.4, 0.5) is 4.39 Å². The maximum absolute atomic E-state index is 14.0. The number of carbonyl (C=O) groups excluding carboxylic acids is 1. The monoisotopic (exact) mass is 380 g/mol. The third kappa shape index (κ3) is 3.41. The van der Waals surface area contributed by atoms with Crippen molar-refractivity contribution in [3.8, 4) is 0 Å². The largest absolute Gasteiger partial charge is 0.379 e. The first-order valence-electron chi connectivity index (χ1n) is 9.86. The van der Waals surface area contributed by atoms with E-state index < -0.39 is 5.60 Å². The normalized spacial score (nSPS) is 23.1. The number of nitrogens with zero attached hydrogens (tertiary/aromatic N) is 1. The highest BCUT2D eigenvalue weighted by molar-refractivity contribution is 6.05. The molecule has 0 radical (unpaired) electrons. The van der Waals surface area contributed by atoms with Gasteiger partial charge in [-0.05, 0) is 31.4 Å². The average Bonchev–Trinajstić information content (AvgIpc) is 3.36. The average molecular weight is 380 g/mol. The van der Waals surface area contributed by atoms with Gasteiger partial charge in [-0.15, -0.1) is 0 Å². The Kier molecular flexibility index (Phi) is 4.92. The lowest BCUT2D eigenvalue weighted by Gasteiger charge is -2.31. The first-order chi connectivity index (χ1) is 13.5. The highest BCUT2D eigenvalue weighted by Gasteiger charge is 2.44. The molecule has 1 aliphatic heterocycles. The molecule has 28 heavy (non-hydrogen) atoms. The summed E-state index contributed by atoms with van der Waals surface area (Å²) in [5.41, 5.74) is 0.980. The van der Waals surface area contributed by atoms with Gasteiger partial charge >= 0.3 is 0 Å². The molecule has 1 aliphatic carbocycles. The molecule has 146 valence electrons. The summed E-state index contributed by atoms with van der Waals surface area (Å²) in [5, 5.41) is 7.11. The van der Waals surface area contributed by atoms with Crippen molar-refractivity contribution < 1.29 is 14.0 Å².